The molecule has 1 unspecified atom stereocenters. The summed E-state index contributed by atoms with van der Waals surface area (Å²) in [5, 5.41) is 17.4. The van der Waals surface area contributed by atoms with E-state index in [-0.39, 0.29) is 0 Å². The average Bonchev–Trinajstić information content (AvgIpc) is 3.24. The Morgan fingerprint density at radius 2 is 2.04 bits per heavy atom. The normalized spacial score (nSPS) is 19.8. The molecule has 2 N–H and O–H groups in total. The second-order valence-electron chi connectivity index (χ2n) is 7.42. The molecule has 1 atom stereocenters. The van der Waals surface area contributed by atoms with E-state index in [1.54, 1.807) is 0 Å². The topological polar surface area (TPSA) is 83.5 Å². The minimum absolute atomic E-state index is 0.517. The number of carboxylic acid groups (broad SMARTS) is 1. The highest BCUT2D eigenvalue weighted by Gasteiger charge is 2.36. The predicted octanol–water partition coefficient (Wildman–Crippen LogP) is 4.13. The first-order valence-electron chi connectivity index (χ1n) is 8.78. The number of halogens is 1. The Morgan fingerprint density at radius 1 is 1.33 bits per heavy atom. The van der Waals surface area contributed by atoms with E-state index >= 15 is 0 Å². The number of hydrogen-bond acceptors (Lipinski definition) is 4. The Hall–Kier alpha value is -2.67. The van der Waals surface area contributed by atoms with Gasteiger partial charge in [-0.3, -0.25) is 4.57 Å². The largest absolute Gasteiger partial charge is 0.465 e. The Morgan fingerprint density at radius 3 is 2.70 bits per heavy atom. The molecule has 3 heterocycles. The number of nitrogens with one attached hydrogen (secondary N) is 1. The lowest BCUT2D eigenvalue weighted by molar-refractivity contribution is 0.182. The summed E-state index contributed by atoms with van der Waals surface area (Å²) < 4.78 is 7.76. The molecule has 0 aliphatic carbocycles. The molecule has 1 aliphatic heterocycles. The van der Waals surface area contributed by atoms with Gasteiger partial charge in [-0.2, -0.15) is 0 Å². The van der Waals surface area contributed by atoms with Crippen molar-refractivity contribution in [2.75, 3.05) is 18.0 Å². The third-order valence-corrected chi connectivity index (χ3v) is 5.42. The summed E-state index contributed by atoms with van der Waals surface area (Å²) in [5.41, 5.74) is 3.08. The highest BCUT2D eigenvalue weighted by Crippen LogP contribution is 2.37. The molecule has 7 nitrogen and oxygen atoms in total. The van der Waals surface area contributed by atoms with E-state index in [0.717, 1.165) is 22.5 Å². The van der Waals surface area contributed by atoms with Crippen molar-refractivity contribution in [3.8, 4) is 5.82 Å². The monoisotopic (exact) mass is 388 g/mol. The van der Waals surface area contributed by atoms with Gasteiger partial charge in [-0.15, -0.1) is 0 Å². The van der Waals surface area contributed by atoms with Crippen LogP contribution in [0.5, 0.6) is 0 Å². The fourth-order valence-corrected chi connectivity index (χ4v) is 4.12. The van der Waals surface area contributed by atoms with Gasteiger partial charge in [0.05, 0.1) is 16.6 Å². The van der Waals surface area contributed by atoms with Crippen LogP contribution in [-0.2, 0) is 0 Å². The Bertz CT molecular complexity index is 1020. The Labute approximate surface area is 161 Å². The van der Waals surface area contributed by atoms with Gasteiger partial charge in [0.2, 0.25) is 0 Å². The van der Waals surface area contributed by atoms with Crippen LogP contribution < -0.4 is 10.2 Å². The second-order valence-corrected chi connectivity index (χ2v) is 7.86. The molecule has 1 aromatic carbocycles. The number of hydrogen-bond donors (Lipinski definition) is 2. The number of rotatable bonds is 3. The lowest BCUT2D eigenvalue weighted by Gasteiger charge is -2.25. The van der Waals surface area contributed by atoms with Crippen LogP contribution in [0, 0.1) is 13.8 Å². The zero-order valence-corrected chi connectivity index (χ0v) is 16.2. The van der Waals surface area contributed by atoms with Crippen LogP contribution in [-0.4, -0.2) is 39.6 Å². The molecule has 4 rings (SSSR count). The van der Waals surface area contributed by atoms with Crippen LogP contribution in [0.1, 0.15) is 24.7 Å². The van der Waals surface area contributed by atoms with E-state index in [4.69, 9.17) is 21.2 Å². The standard InChI is InChI=1S/C19H21ClN4O3/c1-11-4-5-12(2)24(11)17-14-8-13(20)9-15(16(14)27-22-17)23-7-6-19(3,10-23)21-18(25)26/h4-5,8-9,21H,6-7,10H2,1-3H3,(H,25,26). The summed E-state index contributed by atoms with van der Waals surface area (Å²) >= 11 is 6.41. The number of carbonyl (C=O) groups is 1. The van der Waals surface area contributed by atoms with Crippen molar-refractivity contribution in [1.82, 2.24) is 15.0 Å². The van der Waals surface area contributed by atoms with Crippen molar-refractivity contribution in [3.05, 3.63) is 40.7 Å². The van der Waals surface area contributed by atoms with Crippen LogP contribution >= 0.6 is 11.6 Å². The Balaban J connectivity index is 1.79. The van der Waals surface area contributed by atoms with E-state index in [1.807, 2.05) is 49.6 Å². The van der Waals surface area contributed by atoms with Crippen molar-refractivity contribution in [2.24, 2.45) is 0 Å². The lowest BCUT2D eigenvalue weighted by atomic mass is 10.0. The molecule has 1 amide bonds. The molecule has 0 spiro atoms. The van der Waals surface area contributed by atoms with E-state index in [2.05, 4.69) is 15.4 Å². The number of aromatic nitrogens is 2. The molecule has 1 fully saturated rings. The van der Waals surface area contributed by atoms with Crippen molar-refractivity contribution < 1.29 is 14.4 Å². The van der Waals surface area contributed by atoms with Gasteiger partial charge in [-0.1, -0.05) is 16.8 Å². The van der Waals surface area contributed by atoms with E-state index in [1.165, 1.54) is 0 Å². The van der Waals surface area contributed by atoms with Crippen molar-refractivity contribution in [3.63, 3.8) is 0 Å². The minimum Gasteiger partial charge on any atom is -0.465 e. The molecule has 2 aromatic heterocycles. The maximum Gasteiger partial charge on any atom is 0.405 e. The fraction of sp³-hybridized carbons (Fsp3) is 0.368. The molecule has 0 saturated carbocycles. The van der Waals surface area contributed by atoms with Crippen LogP contribution in [0.4, 0.5) is 10.5 Å². The van der Waals surface area contributed by atoms with Gasteiger partial charge in [-0.25, -0.2) is 4.79 Å². The van der Waals surface area contributed by atoms with Gasteiger partial charge in [0, 0.05) is 29.5 Å². The van der Waals surface area contributed by atoms with Gasteiger partial charge in [0.15, 0.2) is 11.4 Å². The molecule has 3 aromatic rings. The van der Waals surface area contributed by atoms with Gasteiger partial charge in [-0.05, 0) is 51.5 Å². The van der Waals surface area contributed by atoms with Crippen LogP contribution in [0.25, 0.3) is 16.8 Å². The van der Waals surface area contributed by atoms with Crippen LogP contribution in [0.2, 0.25) is 5.02 Å². The summed E-state index contributed by atoms with van der Waals surface area (Å²) in [6.07, 6.45) is -0.319. The van der Waals surface area contributed by atoms with E-state index < -0.39 is 11.6 Å². The zero-order chi connectivity index (χ0) is 19.3. The number of aryl methyl sites for hydroxylation is 2. The molecule has 8 heteroatoms. The molecule has 27 heavy (non-hydrogen) atoms. The minimum atomic E-state index is -1.02. The maximum atomic E-state index is 11.1. The summed E-state index contributed by atoms with van der Waals surface area (Å²) in [6.45, 7) is 7.17. The van der Waals surface area contributed by atoms with Crippen molar-refractivity contribution in [2.45, 2.75) is 32.7 Å². The smallest absolute Gasteiger partial charge is 0.405 e. The van der Waals surface area contributed by atoms with Gasteiger partial charge in [0.1, 0.15) is 0 Å². The molecule has 0 bridgehead atoms. The highest BCUT2D eigenvalue weighted by molar-refractivity contribution is 6.32. The average molecular weight is 389 g/mol. The number of amides is 1. The third-order valence-electron chi connectivity index (χ3n) is 5.20. The molecule has 1 saturated heterocycles. The Kier molecular flexibility index (Phi) is 4.07. The second kappa shape index (κ2) is 6.20. The molecular weight excluding hydrogens is 368 g/mol. The van der Waals surface area contributed by atoms with Gasteiger partial charge in [0.25, 0.3) is 0 Å². The fourth-order valence-electron chi connectivity index (χ4n) is 3.90. The first-order valence-corrected chi connectivity index (χ1v) is 9.15. The molecule has 142 valence electrons. The summed E-state index contributed by atoms with van der Waals surface area (Å²) in [6, 6.07) is 7.77. The molecule has 0 radical (unpaired) electrons. The summed E-state index contributed by atoms with van der Waals surface area (Å²) in [4.78, 5) is 13.2. The third kappa shape index (κ3) is 3.02. The zero-order valence-electron chi connectivity index (χ0n) is 15.4. The quantitative estimate of drug-likeness (QED) is 0.705. The van der Waals surface area contributed by atoms with Gasteiger partial charge >= 0.3 is 6.09 Å². The van der Waals surface area contributed by atoms with E-state index in [0.29, 0.717) is 35.9 Å². The highest BCUT2D eigenvalue weighted by atomic mass is 35.5. The van der Waals surface area contributed by atoms with Crippen LogP contribution in [0.3, 0.4) is 0 Å². The number of fused-ring (bicyclic) bond motifs is 1. The first-order chi connectivity index (χ1) is 12.8. The summed E-state index contributed by atoms with van der Waals surface area (Å²) in [5.74, 6) is 0.708. The number of nitrogens with zero attached hydrogens (tertiary/aromatic N) is 3. The maximum absolute atomic E-state index is 11.1. The van der Waals surface area contributed by atoms with E-state index in [9.17, 15) is 4.79 Å². The molecular formula is C19H21ClN4O3. The van der Waals surface area contributed by atoms with Gasteiger partial charge < -0.3 is 19.8 Å². The SMILES string of the molecule is Cc1ccc(C)n1-c1noc2c(N3CCC(C)(NC(=O)O)C3)cc(Cl)cc12. The lowest BCUT2D eigenvalue weighted by Crippen LogP contribution is -2.47. The van der Waals surface area contributed by atoms with Crippen molar-refractivity contribution >= 4 is 34.4 Å². The first kappa shape index (κ1) is 17.7. The molecule has 1 aliphatic rings. The number of benzene rings is 1. The summed E-state index contributed by atoms with van der Waals surface area (Å²) in [7, 11) is 0. The van der Waals surface area contributed by atoms with Crippen LogP contribution in [0.15, 0.2) is 28.8 Å². The predicted molar refractivity (Wildman–Crippen MR) is 104 cm³/mol. The van der Waals surface area contributed by atoms with Crippen molar-refractivity contribution in [1.29, 1.82) is 0 Å². The number of anilines is 1.